The van der Waals surface area contributed by atoms with Gasteiger partial charge in [0, 0.05) is 36.5 Å². The van der Waals surface area contributed by atoms with Crippen molar-refractivity contribution >= 4 is 27.6 Å². The fraction of sp³-hybridized carbons (Fsp3) is 0.333. The number of nitrogens with zero attached hydrogens (tertiary/aromatic N) is 3. The van der Waals surface area contributed by atoms with Gasteiger partial charge >= 0.3 is 0 Å². The lowest BCUT2D eigenvalue weighted by Gasteiger charge is -2.32. The minimum Gasteiger partial charge on any atom is -0.339 e. The van der Waals surface area contributed by atoms with E-state index in [9.17, 15) is 12.8 Å². The average molecular weight is 371 g/mol. The second-order valence-electron chi connectivity index (χ2n) is 5.53. The van der Waals surface area contributed by atoms with Crippen LogP contribution in [0.25, 0.3) is 0 Å². The Labute approximate surface area is 144 Å². The number of halogens is 2. The molecule has 2 aromatic rings. The molecule has 128 valence electrons. The Morgan fingerprint density at radius 2 is 2.04 bits per heavy atom. The highest BCUT2D eigenvalue weighted by Gasteiger charge is 2.28. The largest absolute Gasteiger partial charge is 0.339 e. The lowest BCUT2D eigenvalue weighted by molar-refractivity contribution is 0.459. The van der Waals surface area contributed by atoms with Gasteiger partial charge in [0.05, 0.1) is 0 Å². The van der Waals surface area contributed by atoms with Gasteiger partial charge in [-0.15, -0.1) is 0 Å². The molecule has 1 aliphatic rings. The smallest absolute Gasteiger partial charge is 0.243 e. The maximum Gasteiger partial charge on any atom is 0.243 e. The van der Waals surface area contributed by atoms with E-state index in [1.807, 2.05) is 4.90 Å². The second-order valence-corrected chi connectivity index (χ2v) is 7.65. The average Bonchev–Trinajstić information content (AvgIpc) is 2.55. The number of benzene rings is 1. The number of nitrogens with one attached hydrogen (secondary N) is 1. The van der Waals surface area contributed by atoms with Gasteiger partial charge in [0.15, 0.2) is 0 Å². The number of hydrogen-bond acceptors (Lipinski definition) is 5. The van der Waals surface area contributed by atoms with E-state index in [1.54, 1.807) is 18.5 Å². The summed E-state index contributed by atoms with van der Waals surface area (Å²) in [5.74, 6) is -0.312. The van der Waals surface area contributed by atoms with Crippen molar-refractivity contribution in [1.29, 1.82) is 0 Å². The molecule has 0 amide bonds. The monoisotopic (exact) mass is 370 g/mol. The quantitative estimate of drug-likeness (QED) is 0.893. The van der Waals surface area contributed by atoms with E-state index in [2.05, 4.69) is 14.7 Å². The predicted octanol–water partition coefficient (Wildman–Crippen LogP) is 2.22. The van der Waals surface area contributed by atoms with Crippen molar-refractivity contribution in [2.45, 2.75) is 23.8 Å². The van der Waals surface area contributed by atoms with Gasteiger partial charge in [-0.1, -0.05) is 11.6 Å². The van der Waals surface area contributed by atoms with Gasteiger partial charge in [0.2, 0.25) is 16.0 Å². The molecule has 0 saturated carbocycles. The summed E-state index contributed by atoms with van der Waals surface area (Å²) in [7, 11) is -3.96. The van der Waals surface area contributed by atoms with Gasteiger partial charge in [0.1, 0.15) is 10.7 Å². The molecule has 1 unspecified atom stereocenters. The minimum atomic E-state index is -3.96. The number of sulfonamides is 1. The molecule has 1 N–H and O–H groups in total. The highest BCUT2D eigenvalue weighted by Crippen LogP contribution is 2.21. The molecule has 2 heterocycles. The van der Waals surface area contributed by atoms with Crippen LogP contribution in [0.3, 0.4) is 0 Å². The van der Waals surface area contributed by atoms with Crippen LogP contribution in [0, 0.1) is 5.82 Å². The number of rotatable bonds is 4. The number of aromatic nitrogens is 2. The molecule has 0 aliphatic carbocycles. The van der Waals surface area contributed by atoms with E-state index in [0.717, 1.165) is 19.0 Å². The molecule has 1 aromatic carbocycles. The van der Waals surface area contributed by atoms with Crippen LogP contribution in [0.1, 0.15) is 12.8 Å². The maximum atomic E-state index is 13.9. The van der Waals surface area contributed by atoms with Crippen molar-refractivity contribution in [2.75, 3.05) is 18.0 Å². The maximum absolute atomic E-state index is 13.9. The zero-order valence-corrected chi connectivity index (χ0v) is 14.3. The van der Waals surface area contributed by atoms with Crippen molar-refractivity contribution in [2.24, 2.45) is 0 Å². The molecule has 0 radical (unpaired) electrons. The summed E-state index contributed by atoms with van der Waals surface area (Å²) < 4.78 is 41.3. The molecule has 1 fully saturated rings. The zero-order chi connectivity index (χ0) is 17.2. The van der Waals surface area contributed by atoms with Crippen molar-refractivity contribution in [3.05, 3.63) is 47.5 Å². The summed E-state index contributed by atoms with van der Waals surface area (Å²) in [5, 5.41) is 0.150. The summed E-state index contributed by atoms with van der Waals surface area (Å²) >= 11 is 5.67. The van der Waals surface area contributed by atoms with E-state index in [1.165, 1.54) is 12.1 Å². The first-order valence-corrected chi connectivity index (χ1v) is 9.31. The topological polar surface area (TPSA) is 75.2 Å². The summed E-state index contributed by atoms with van der Waals surface area (Å²) in [6.07, 6.45) is 4.73. The summed E-state index contributed by atoms with van der Waals surface area (Å²) in [5.41, 5.74) is 0. The van der Waals surface area contributed by atoms with Crippen LogP contribution in [-0.4, -0.2) is 37.5 Å². The zero-order valence-electron chi connectivity index (χ0n) is 12.7. The predicted molar refractivity (Wildman–Crippen MR) is 89.0 cm³/mol. The van der Waals surface area contributed by atoms with E-state index in [-0.39, 0.29) is 11.1 Å². The van der Waals surface area contributed by atoms with Crippen molar-refractivity contribution in [3.63, 3.8) is 0 Å². The Hall–Kier alpha value is -1.77. The fourth-order valence-corrected chi connectivity index (χ4v) is 4.17. The second kappa shape index (κ2) is 7.00. The molecule has 1 aromatic heterocycles. The molecule has 6 nitrogen and oxygen atoms in total. The first-order chi connectivity index (χ1) is 11.5. The number of hydrogen-bond donors (Lipinski definition) is 1. The van der Waals surface area contributed by atoms with Crippen LogP contribution >= 0.6 is 11.6 Å². The van der Waals surface area contributed by atoms with Gasteiger partial charge in [-0.05, 0) is 37.1 Å². The minimum absolute atomic E-state index is 0.150. The highest BCUT2D eigenvalue weighted by atomic mass is 35.5. The number of anilines is 1. The van der Waals surface area contributed by atoms with Gasteiger partial charge in [-0.25, -0.2) is 27.5 Å². The first-order valence-electron chi connectivity index (χ1n) is 7.45. The first kappa shape index (κ1) is 17.1. The van der Waals surface area contributed by atoms with Crippen molar-refractivity contribution in [3.8, 4) is 0 Å². The Morgan fingerprint density at radius 3 is 2.75 bits per heavy atom. The van der Waals surface area contributed by atoms with Gasteiger partial charge < -0.3 is 4.90 Å². The Kier molecular flexibility index (Phi) is 4.98. The molecule has 0 spiro atoms. The third-order valence-electron chi connectivity index (χ3n) is 3.76. The lowest BCUT2D eigenvalue weighted by atomic mass is 10.1. The molecule has 1 saturated heterocycles. The summed E-state index contributed by atoms with van der Waals surface area (Å²) in [6.45, 7) is 1.18. The third-order valence-corrected chi connectivity index (χ3v) is 5.55. The van der Waals surface area contributed by atoms with Crippen molar-refractivity contribution < 1.29 is 12.8 Å². The van der Waals surface area contributed by atoms with Crippen LogP contribution < -0.4 is 9.62 Å². The van der Waals surface area contributed by atoms with E-state index in [0.29, 0.717) is 18.9 Å². The Balaban J connectivity index is 1.75. The molecule has 24 heavy (non-hydrogen) atoms. The molecule has 9 heteroatoms. The molecule has 1 aliphatic heterocycles. The summed E-state index contributed by atoms with van der Waals surface area (Å²) in [4.78, 5) is 9.87. The van der Waals surface area contributed by atoms with E-state index >= 15 is 0 Å². The van der Waals surface area contributed by atoms with Crippen molar-refractivity contribution in [1.82, 2.24) is 14.7 Å². The lowest BCUT2D eigenvalue weighted by Crippen LogP contribution is -2.48. The van der Waals surface area contributed by atoms with Gasteiger partial charge in [-0.3, -0.25) is 0 Å². The van der Waals surface area contributed by atoms with Crippen LogP contribution in [0.2, 0.25) is 5.02 Å². The van der Waals surface area contributed by atoms with Gasteiger partial charge in [-0.2, -0.15) is 0 Å². The molecule has 1 atom stereocenters. The SMILES string of the molecule is O=S(=O)(NC1CCCN(c2ncccn2)C1)c1ccc(Cl)cc1F. The van der Waals surface area contributed by atoms with Gasteiger partial charge in [0.25, 0.3) is 0 Å². The summed E-state index contributed by atoms with van der Waals surface area (Å²) in [6, 6.07) is 4.88. The fourth-order valence-electron chi connectivity index (χ4n) is 2.69. The molecular formula is C15H16ClFN4O2S. The molecule has 0 bridgehead atoms. The van der Waals surface area contributed by atoms with Crippen LogP contribution in [-0.2, 0) is 10.0 Å². The number of piperidine rings is 1. The Morgan fingerprint density at radius 1 is 1.29 bits per heavy atom. The standard InChI is InChI=1S/C15H16ClFN4O2S/c16-11-4-5-14(13(17)9-11)24(22,23)20-12-3-1-8-21(10-12)15-18-6-2-7-19-15/h2,4-7,9,12,20H,1,3,8,10H2. The van der Waals surface area contributed by atoms with E-state index < -0.39 is 20.7 Å². The Bertz CT molecular complexity index is 819. The van der Waals surface area contributed by atoms with Crippen LogP contribution in [0.4, 0.5) is 10.3 Å². The van der Waals surface area contributed by atoms with Crippen LogP contribution in [0.5, 0.6) is 0 Å². The van der Waals surface area contributed by atoms with E-state index in [4.69, 9.17) is 11.6 Å². The van der Waals surface area contributed by atoms with Crippen LogP contribution in [0.15, 0.2) is 41.6 Å². The normalized spacial score (nSPS) is 18.6. The molecule has 3 rings (SSSR count). The third kappa shape index (κ3) is 3.82. The molecular weight excluding hydrogens is 355 g/mol. The highest BCUT2D eigenvalue weighted by molar-refractivity contribution is 7.89.